The van der Waals surface area contributed by atoms with Crippen LogP contribution in [0.15, 0.2) is 40.3 Å². The van der Waals surface area contributed by atoms with Gasteiger partial charge in [0, 0.05) is 6.07 Å². The number of thiophene rings is 1. The van der Waals surface area contributed by atoms with Gasteiger partial charge in [0.1, 0.15) is 4.92 Å². The molecule has 16 heavy (non-hydrogen) atoms. The molecule has 0 spiro atoms. The van der Waals surface area contributed by atoms with Gasteiger partial charge in [-0.15, -0.1) is 0 Å². The SMILES string of the molecule is O=[N+]([O-])c1ccco1.O=[N+]([O-])c1cccs1. The normalized spacial score (nSPS) is 9.00. The van der Waals surface area contributed by atoms with Gasteiger partial charge < -0.3 is 4.42 Å². The highest BCUT2D eigenvalue weighted by molar-refractivity contribution is 7.13. The van der Waals surface area contributed by atoms with Crippen LogP contribution < -0.4 is 0 Å². The van der Waals surface area contributed by atoms with Gasteiger partial charge in [0.25, 0.3) is 0 Å². The Bertz CT molecular complexity index is 406. The lowest BCUT2D eigenvalue weighted by molar-refractivity contribution is -0.402. The minimum atomic E-state index is -0.583. The zero-order chi connectivity index (χ0) is 12.0. The van der Waals surface area contributed by atoms with E-state index in [-0.39, 0.29) is 10.9 Å². The Morgan fingerprint density at radius 3 is 2.12 bits per heavy atom. The molecule has 0 fully saturated rings. The number of furan rings is 1. The van der Waals surface area contributed by atoms with E-state index in [4.69, 9.17) is 0 Å². The van der Waals surface area contributed by atoms with Crippen molar-refractivity contribution >= 4 is 22.2 Å². The predicted octanol–water partition coefficient (Wildman–Crippen LogP) is 2.84. The fourth-order valence-electron chi connectivity index (χ4n) is 0.748. The molecule has 0 saturated carbocycles. The molecular formula is C8H6N2O5S. The van der Waals surface area contributed by atoms with Gasteiger partial charge in [0.2, 0.25) is 0 Å². The smallest absolute Gasteiger partial charge is 0.409 e. The van der Waals surface area contributed by atoms with Crippen LogP contribution in [0, 0.1) is 20.2 Å². The van der Waals surface area contributed by atoms with Crippen LogP contribution in [0.2, 0.25) is 0 Å². The first-order valence-electron chi connectivity index (χ1n) is 3.97. The molecule has 2 rings (SSSR count). The fraction of sp³-hybridized carbons (Fsp3) is 0. The summed E-state index contributed by atoms with van der Waals surface area (Å²) in [6.45, 7) is 0. The number of hydrogen-bond donors (Lipinski definition) is 0. The molecule has 0 amide bonds. The van der Waals surface area contributed by atoms with E-state index in [9.17, 15) is 20.2 Å². The van der Waals surface area contributed by atoms with Gasteiger partial charge in [-0.05, 0) is 17.5 Å². The van der Waals surface area contributed by atoms with Crippen molar-refractivity contribution in [3.63, 3.8) is 0 Å². The van der Waals surface area contributed by atoms with Gasteiger partial charge in [-0.25, -0.2) is 0 Å². The number of rotatable bonds is 2. The monoisotopic (exact) mass is 242 g/mol. The second kappa shape index (κ2) is 5.61. The van der Waals surface area contributed by atoms with Crippen LogP contribution in [0.25, 0.3) is 0 Å². The average molecular weight is 242 g/mol. The summed E-state index contributed by atoms with van der Waals surface area (Å²) < 4.78 is 4.40. The molecule has 0 aliphatic rings. The number of nitro groups is 2. The number of nitrogens with zero attached hydrogens (tertiary/aromatic N) is 2. The van der Waals surface area contributed by atoms with Gasteiger partial charge in [-0.1, -0.05) is 11.3 Å². The summed E-state index contributed by atoms with van der Waals surface area (Å²) in [5.74, 6) is -0.218. The van der Waals surface area contributed by atoms with Gasteiger partial charge in [0.05, 0.1) is 17.3 Å². The summed E-state index contributed by atoms with van der Waals surface area (Å²) in [4.78, 5) is 18.7. The van der Waals surface area contributed by atoms with Crippen molar-refractivity contribution in [1.82, 2.24) is 0 Å². The highest BCUT2D eigenvalue weighted by atomic mass is 32.1. The maximum atomic E-state index is 9.88. The van der Waals surface area contributed by atoms with Crippen LogP contribution in [-0.2, 0) is 0 Å². The lowest BCUT2D eigenvalue weighted by Gasteiger charge is -1.76. The summed E-state index contributed by atoms with van der Waals surface area (Å²) >= 11 is 1.13. The first-order chi connectivity index (χ1) is 7.61. The van der Waals surface area contributed by atoms with Gasteiger partial charge in [0.15, 0.2) is 0 Å². The average Bonchev–Trinajstić information content (AvgIpc) is 2.93. The summed E-state index contributed by atoms with van der Waals surface area (Å²) in [7, 11) is 0. The first kappa shape index (κ1) is 11.9. The van der Waals surface area contributed by atoms with E-state index >= 15 is 0 Å². The Balaban J connectivity index is 0.000000160. The highest BCUT2D eigenvalue weighted by Crippen LogP contribution is 2.16. The molecule has 2 aromatic heterocycles. The molecule has 2 heterocycles. The minimum absolute atomic E-state index is 0.199. The molecule has 0 radical (unpaired) electrons. The van der Waals surface area contributed by atoms with E-state index in [0.29, 0.717) is 0 Å². The summed E-state index contributed by atoms with van der Waals surface area (Å²) in [6.07, 6.45) is 1.26. The van der Waals surface area contributed by atoms with E-state index in [1.54, 1.807) is 11.4 Å². The van der Waals surface area contributed by atoms with Crippen molar-refractivity contribution in [2.24, 2.45) is 0 Å². The van der Waals surface area contributed by atoms with Crippen molar-refractivity contribution in [2.75, 3.05) is 0 Å². The largest absolute Gasteiger partial charge is 0.432 e. The minimum Gasteiger partial charge on any atom is -0.409 e. The van der Waals surface area contributed by atoms with Crippen molar-refractivity contribution in [3.8, 4) is 0 Å². The molecule has 0 bridgehead atoms. The lowest BCUT2D eigenvalue weighted by Crippen LogP contribution is -1.81. The molecule has 0 aliphatic heterocycles. The Kier molecular flexibility index (Phi) is 4.16. The molecule has 2 aromatic rings. The standard InChI is InChI=1S/C4H3NO3.C4H3NO2S/c2*6-5(7)4-2-1-3-8-4/h2*1-3H. The highest BCUT2D eigenvalue weighted by Gasteiger charge is 2.04. The molecule has 0 aromatic carbocycles. The van der Waals surface area contributed by atoms with Crippen molar-refractivity contribution < 1.29 is 14.3 Å². The first-order valence-corrected chi connectivity index (χ1v) is 4.85. The molecule has 0 atom stereocenters. The van der Waals surface area contributed by atoms with E-state index in [2.05, 4.69) is 4.42 Å². The molecule has 0 saturated heterocycles. The van der Waals surface area contributed by atoms with E-state index < -0.39 is 9.85 Å². The van der Waals surface area contributed by atoms with Crippen LogP contribution in [0.1, 0.15) is 0 Å². The summed E-state index contributed by atoms with van der Waals surface area (Å²) in [5, 5.41) is 21.5. The van der Waals surface area contributed by atoms with Crippen LogP contribution in [0.5, 0.6) is 0 Å². The van der Waals surface area contributed by atoms with Gasteiger partial charge in [-0.2, -0.15) is 0 Å². The number of hydrogen-bond acceptors (Lipinski definition) is 6. The quantitative estimate of drug-likeness (QED) is 0.595. The molecule has 84 valence electrons. The topological polar surface area (TPSA) is 99.4 Å². The summed E-state index contributed by atoms with van der Waals surface area (Å²) in [5.41, 5.74) is 0. The molecule has 0 unspecified atom stereocenters. The molecule has 0 aliphatic carbocycles. The molecular weight excluding hydrogens is 236 g/mol. The Hall–Kier alpha value is -2.22. The third kappa shape index (κ3) is 3.50. The van der Waals surface area contributed by atoms with Crippen LogP contribution >= 0.6 is 11.3 Å². The van der Waals surface area contributed by atoms with Crippen molar-refractivity contribution in [2.45, 2.75) is 0 Å². The predicted molar refractivity (Wildman–Crippen MR) is 56.3 cm³/mol. The maximum Gasteiger partial charge on any atom is 0.432 e. The van der Waals surface area contributed by atoms with Crippen LogP contribution in [0.4, 0.5) is 10.9 Å². The Morgan fingerprint density at radius 1 is 1.12 bits per heavy atom. The van der Waals surface area contributed by atoms with Gasteiger partial charge >= 0.3 is 10.9 Å². The van der Waals surface area contributed by atoms with Crippen LogP contribution in [-0.4, -0.2) is 9.85 Å². The second-order valence-electron chi connectivity index (χ2n) is 2.42. The van der Waals surface area contributed by atoms with Gasteiger partial charge in [-0.3, -0.25) is 20.2 Å². The van der Waals surface area contributed by atoms with Crippen molar-refractivity contribution in [1.29, 1.82) is 0 Å². The third-order valence-corrected chi connectivity index (χ3v) is 2.19. The molecule has 0 N–H and O–H groups in total. The fourth-order valence-corrected chi connectivity index (χ4v) is 1.29. The van der Waals surface area contributed by atoms with E-state index in [1.165, 1.54) is 24.5 Å². The van der Waals surface area contributed by atoms with Crippen molar-refractivity contribution in [3.05, 3.63) is 56.1 Å². The second-order valence-corrected chi connectivity index (χ2v) is 3.34. The van der Waals surface area contributed by atoms with E-state index in [1.807, 2.05) is 0 Å². The maximum absolute atomic E-state index is 9.88. The molecule has 8 heteroatoms. The molecule has 7 nitrogen and oxygen atoms in total. The van der Waals surface area contributed by atoms with Crippen LogP contribution in [0.3, 0.4) is 0 Å². The zero-order valence-electron chi connectivity index (χ0n) is 7.81. The summed E-state index contributed by atoms with van der Waals surface area (Å²) in [6, 6.07) is 5.89. The lowest BCUT2D eigenvalue weighted by atomic mass is 10.6. The zero-order valence-corrected chi connectivity index (χ0v) is 8.62. The Labute approximate surface area is 93.2 Å². The Morgan fingerprint density at radius 2 is 1.88 bits per heavy atom. The third-order valence-electron chi connectivity index (χ3n) is 1.37. The van der Waals surface area contributed by atoms with E-state index in [0.717, 1.165) is 11.3 Å².